The first kappa shape index (κ1) is 14.5. The number of rotatable bonds is 5. The van der Waals surface area contributed by atoms with Gasteiger partial charge in [0, 0.05) is 24.0 Å². The minimum absolute atomic E-state index is 0.145. The Balaban J connectivity index is 2.03. The second-order valence-electron chi connectivity index (χ2n) is 7.31. The van der Waals surface area contributed by atoms with Crippen molar-refractivity contribution in [3.63, 3.8) is 0 Å². The van der Waals surface area contributed by atoms with Crippen LogP contribution in [0, 0.1) is 0 Å². The Kier molecular flexibility index (Phi) is 4.03. The number of benzene rings is 1. The average molecular weight is 260 g/mol. The van der Waals surface area contributed by atoms with Crippen molar-refractivity contribution in [1.29, 1.82) is 0 Å². The molecule has 0 saturated heterocycles. The molecule has 2 rings (SSSR count). The van der Waals surface area contributed by atoms with Crippen molar-refractivity contribution in [2.45, 2.75) is 57.9 Å². The van der Waals surface area contributed by atoms with Gasteiger partial charge in [-0.1, -0.05) is 32.0 Å². The number of fused-ring (bicyclic) bond motifs is 1. The molecule has 0 saturated carbocycles. The fourth-order valence-corrected chi connectivity index (χ4v) is 2.79. The smallest absolute Gasteiger partial charge is 0.0223 e. The third-order valence-corrected chi connectivity index (χ3v) is 4.03. The molecule has 0 bridgehead atoms. The molecule has 19 heavy (non-hydrogen) atoms. The lowest BCUT2D eigenvalue weighted by molar-refractivity contribution is 0.411. The molecule has 0 radical (unpaired) electrons. The summed E-state index contributed by atoms with van der Waals surface area (Å²) in [4.78, 5) is 0. The lowest BCUT2D eigenvalue weighted by atomic mass is 9.83. The first-order valence-electron chi connectivity index (χ1n) is 7.40. The second kappa shape index (κ2) is 5.26. The summed E-state index contributed by atoms with van der Waals surface area (Å²) < 4.78 is 0. The Morgan fingerprint density at radius 2 is 1.74 bits per heavy atom. The van der Waals surface area contributed by atoms with Gasteiger partial charge in [0.2, 0.25) is 0 Å². The van der Waals surface area contributed by atoms with Crippen molar-refractivity contribution in [1.82, 2.24) is 5.32 Å². The van der Waals surface area contributed by atoms with Gasteiger partial charge in [0.15, 0.2) is 0 Å². The predicted octanol–water partition coefficient (Wildman–Crippen LogP) is 2.78. The highest BCUT2D eigenvalue weighted by Crippen LogP contribution is 2.29. The molecule has 0 aliphatic heterocycles. The van der Waals surface area contributed by atoms with E-state index in [1.54, 1.807) is 11.1 Å². The van der Waals surface area contributed by atoms with Gasteiger partial charge in [-0.15, -0.1) is 0 Å². The Morgan fingerprint density at radius 3 is 2.42 bits per heavy atom. The SMILES string of the molecule is CC(C)(N)CNCC(C)(C)c1ccc2c(c1)CCC2. The van der Waals surface area contributed by atoms with Gasteiger partial charge in [-0.25, -0.2) is 0 Å². The highest BCUT2D eigenvalue weighted by Gasteiger charge is 2.23. The predicted molar refractivity (Wildman–Crippen MR) is 82.6 cm³/mol. The normalized spacial score (nSPS) is 15.6. The summed E-state index contributed by atoms with van der Waals surface area (Å²) in [7, 11) is 0. The molecule has 1 aromatic carbocycles. The average Bonchev–Trinajstić information content (AvgIpc) is 2.73. The quantitative estimate of drug-likeness (QED) is 0.854. The Hall–Kier alpha value is -0.860. The van der Waals surface area contributed by atoms with Crippen LogP contribution >= 0.6 is 0 Å². The van der Waals surface area contributed by atoms with Crippen LogP contribution in [0.3, 0.4) is 0 Å². The van der Waals surface area contributed by atoms with Crippen molar-refractivity contribution < 1.29 is 0 Å². The molecular weight excluding hydrogens is 232 g/mol. The fraction of sp³-hybridized carbons (Fsp3) is 0.647. The zero-order valence-electron chi connectivity index (χ0n) is 12.8. The molecule has 1 aliphatic carbocycles. The maximum Gasteiger partial charge on any atom is 0.0223 e. The molecule has 2 heteroatoms. The third kappa shape index (κ3) is 3.80. The molecule has 0 heterocycles. The fourth-order valence-electron chi connectivity index (χ4n) is 2.79. The Morgan fingerprint density at radius 1 is 1.05 bits per heavy atom. The minimum atomic E-state index is -0.145. The first-order chi connectivity index (χ1) is 8.78. The van der Waals surface area contributed by atoms with Crippen LogP contribution in [0.25, 0.3) is 0 Å². The van der Waals surface area contributed by atoms with Crippen LogP contribution < -0.4 is 11.1 Å². The van der Waals surface area contributed by atoms with Crippen LogP contribution in [0.4, 0.5) is 0 Å². The zero-order chi connectivity index (χ0) is 14.1. The number of hydrogen-bond acceptors (Lipinski definition) is 2. The van der Waals surface area contributed by atoms with Crippen molar-refractivity contribution in [3.8, 4) is 0 Å². The van der Waals surface area contributed by atoms with Gasteiger partial charge in [0.1, 0.15) is 0 Å². The Bertz CT molecular complexity index is 441. The zero-order valence-corrected chi connectivity index (χ0v) is 12.8. The maximum absolute atomic E-state index is 6.01. The highest BCUT2D eigenvalue weighted by molar-refractivity contribution is 5.38. The van der Waals surface area contributed by atoms with Gasteiger partial charge < -0.3 is 11.1 Å². The molecular formula is C17H28N2. The molecule has 1 aromatic rings. The van der Waals surface area contributed by atoms with E-state index in [0.717, 1.165) is 13.1 Å². The minimum Gasteiger partial charge on any atom is -0.324 e. The molecule has 0 amide bonds. The van der Waals surface area contributed by atoms with Crippen LogP contribution in [0.2, 0.25) is 0 Å². The molecule has 0 fully saturated rings. The standard InChI is InChI=1S/C17H28N2/c1-16(2,11-19-12-17(3,4)18)15-9-8-13-6-5-7-14(13)10-15/h8-10,19H,5-7,11-12,18H2,1-4H3. The first-order valence-corrected chi connectivity index (χ1v) is 7.40. The monoisotopic (exact) mass is 260 g/mol. The molecule has 0 aromatic heterocycles. The van der Waals surface area contributed by atoms with Crippen LogP contribution in [-0.2, 0) is 18.3 Å². The number of nitrogens with two attached hydrogens (primary N) is 1. The van der Waals surface area contributed by atoms with Gasteiger partial charge >= 0.3 is 0 Å². The number of aryl methyl sites for hydroxylation is 2. The summed E-state index contributed by atoms with van der Waals surface area (Å²) >= 11 is 0. The summed E-state index contributed by atoms with van der Waals surface area (Å²) in [6.45, 7) is 10.5. The van der Waals surface area contributed by atoms with E-state index < -0.39 is 0 Å². The molecule has 0 atom stereocenters. The maximum atomic E-state index is 6.01. The summed E-state index contributed by atoms with van der Waals surface area (Å²) in [5.74, 6) is 0. The van der Waals surface area contributed by atoms with Crippen molar-refractivity contribution in [2.24, 2.45) is 5.73 Å². The summed E-state index contributed by atoms with van der Waals surface area (Å²) in [5, 5.41) is 3.51. The summed E-state index contributed by atoms with van der Waals surface area (Å²) in [6.07, 6.45) is 3.83. The van der Waals surface area contributed by atoms with Crippen LogP contribution in [0.5, 0.6) is 0 Å². The molecule has 2 nitrogen and oxygen atoms in total. The van der Waals surface area contributed by atoms with E-state index in [9.17, 15) is 0 Å². The van der Waals surface area contributed by atoms with E-state index in [1.807, 2.05) is 0 Å². The third-order valence-electron chi connectivity index (χ3n) is 4.03. The van der Waals surface area contributed by atoms with Gasteiger partial charge in [0.05, 0.1) is 0 Å². The molecule has 1 aliphatic rings. The van der Waals surface area contributed by atoms with Gasteiger partial charge in [-0.2, -0.15) is 0 Å². The number of hydrogen-bond donors (Lipinski definition) is 2. The molecule has 3 N–H and O–H groups in total. The van der Waals surface area contributed by atoms with E-state index in [2.05, 4.69) is 51.2 Å². The molecule has 106 valence electrons. The van der Waals surface area contributed by atoms with Crippen molar-refractivity contribution in [3.05, 3.63) is 34.9 Å². The van der Waals surface area contributed by atoms with E-state index in [-0.39, 0.29) is 11.0 Å². The van der Waals surface area contributed by atoms with E-state index in [4.69, 9.17) is 5.73 Å². The van der Waals surface area contributed by atoms with Crippen molar-refractivity contribution >= 4 is 0 Å². The molecule has 0 spiro atoms. The molecule has 0 unspecified atom stereocenters. The van der Waals surface area contributed by atoms with E-state index in [1.165, 1.54) is 24.8 Å². The van der Waals surface area contributed by atoms with Crippen LogP contribution in [0.1, 0.15) is 50.8 Å². The van der Waals surface area contributed by atoms with Crippen molar-refractivity contribution in [2.75, 3.05) is 13.1 Å². The van der Waals surface area contributed by atoms with Crippen LogP contribution in [0.15, 0.2) is 18.2 Å². The summed E-state index contributed by atoms with van der Waals surface area (Å²) in [6, 6.07) is 7.04. The lowest BCUT2D eigenvalue weighted by Crippen LogP contribution is -2.46. The topological polar surface area (TPSA) is 38.0 Å². The van der Waals surface area contributed by atoms with Gasteiger partial charge in [0.25, 0.3) is 0 Å². The van der Waals surface area contributed by atoms with E-state index in [0.29, 0.717) is 0 Å². The number of nitrogens with one attached hydrogen (secondary N) is 1. The summed E-state index contributed by atoms with van der Waals surface area (Å²) in [5.41, 5.74) is 10.6. The second-order valence-corrected chi connectivity index (χ2v) is 7.31. The van der Waals surface area contributed by atoms with Gasteiger partial charge in [-0.05, 0) is 49.8 Å². The van der Waals surface area contributed by atoms with Gasteiger partial charge in [-0.3, -0.25) is 0 Å². The van der Waals surface area contributed by atoms with Crippen LogP contribution in [-0.4, -0.2) is 18.6 Å². The Labute approximate surface area is 117 Å². The van der Waals surface area contributed by atoms with E-state index >= 15 is 0 Å². The highest BCUT2D eigenvalue weighted by atomic mass is 14.9. The lowest BCUT2D eigenvalue weighted by Gasteiger charge is -2.29. The largest absolute Gasteiger partial charge is 0.324 e.